The fourth-order valence-corrected chi connectivity index (χ4v) is 5.92. The topological polar surface area (TPSA) is 74.6 Å². The number of aromatic hydroxyl groups is 2. The smallest absolute Gasteiger partial charge is 0.168 e. The number of ketones is 2. The summed E-state index contributed by atoms with van der Waals surface area (Å²) in [7, 11) is 0. The Bertz CT molecular complexity index is 884. The number of fused-ring (bicyclic) bond motifs is 8. The Balaban J connectivity index is 1.79. The molecule has 4 heteroatoms. The molecule has 3 aliphatic carbocycles. The molecule has 3 aliphatic rings. The second-order valence-electron chi connectivity index (χ2n) is 7.62. The third-order valence-electron chi connectivity index (χ3n) is 6.62. The average molecular weight is 320 g/mol. The van der Waals surface area contributed by atoms with Gasteiger partial charge >= 0.3 is 0 Å². The van der Waals surface area contributed by atoms with Crippen LogP contribution in [0.5, 0.6) is 11.5 Å². The van der Waals surface area contributed by atoms with Crippen molar-refractivity contribution in [3.05, 3.63) is 58.7 Å². The molecule has 0 radical (unpaired) electrons. The zero-order valence-corrected chi connectivity index (χ0v) is 13.3. The Hall–Kier alpha value is -2.62. The van der Waals surface area contributed by atoms with Gasteiger partial charge in [0, 0.05) is 33.8 Å². The molecule has 1 fully saturated rings. The van der Waals surface area contributed by atoms with Crippen LogP contribution < -0.4 is 0 Å². The minimum atomic E-state index is -0.555. The van der Waals surface area contributed by atoms with Crippen molar-refractivity contribution in [1.82, 2.24) is 0 Å². The molecule has 0 bridgehead atoms. The summed E-state index contributed by atoms with van der Waals surface area (Å²) in [4.78, 5) is 26.2. The van der Waals surface area contributed by atoms with Crippen molar-refractivity contribution in [2.75, 3.05) is 0 Å². The lowest BCUT2D eigenvalue weighted by atomic mass is 9.40. The van der Waals surface area contributed by atoms with E-state index in [9.17, 15) is 19.8 Å². The van der Waals surface area contributed by atoms with Crippen LogP contribution in [-0.2, 0) is 10.8 Å². The standard InChI is InChI=1S/C20H16O4/c1-19-13-5-3-9(21)7-11(13)15(23)17(19)20(2)14-6-4-10(22)8-12(14)16(24)18(19)20/h3-8,17-18,21-22H,1-2H3. The molecule has 0 spiro atoms. The molecule has 0 amide bonds. The lowest BCUT2D eigenvalue weighted by molar-refractivity contribution is -0.0165. The molecule has 0 atom stereocenters. The highest BCUT2D eigenvalue weighted by Gasteiger charge is 2.78. The van der Waals surface area contributed by atoms with Crippen molar-refractivity contribution < 1.29 is 19.8 Å². The van der Waals surface area contributed by atoms with E-state index in [-0.39, 0.29) is 34.9 Å². The summed E-state index contributed by atoms with van der Waals surface area (Å²) >= 11 is 0. The van der Waals surface area contributed by atoms with E-state index in [1.54, 1.807) is 24.3 Å². The van der Waals surface area contributed by atoms with E-state index >= 15 is 0 Å². The van der Waals surface area contributed by atoms with Crippen molar-refractivity contribution in [3.63, 3.8) is 0 Å². The highest BCUT2D eigenvalue weighted by atomic mass is 16.3. The number of rotatable bonds is 0. The van der Waals surface area contributed by atoms with Gasteiger partial charge in [0.2, 0.25) is 0 Å². The van der Waals surface area contributed by atoms with Gasteiger partial charge in [-0.05, 0) is 35.4 Å². The molecule has 5 rings (SSSR count). The maximum absolute atomic E-state index is 13.1. The fourth-order valence-electron chi connectivity index (χ4n) is 5.92. The Kier molecular flexibility index (Phi) is 2.14. The SMILES string of the molecule is CC12c3ccc(O)cc3C(=O)C1C1(C)c3ccc(O)cc3C(=O)C21. The van der Waals surface area contributed by atoms with E-state index in [1.165, 1.54) is 12.1 Å². The normalized spacial score (nSPS) is 35.1. The van der Waals surface area contributed by atoms with E-state index < -0.39 is 10.8 Å². The minimum Gasteiger partial charge on any atom is -0.508 e. The Morgan fingerprint density at radius 1 is 0.750 bits per heavy atom. The van der Waals surface area contributed by atoms with E-state index in [2.05, 4.69) is 0 Å². The largest absolute Gasteiger partial charge is 0.508 e. The number of phenols is 2. The van der Waals surface area contributed by atoms with Crippen LogP contribution in [0.25, 0.3) is 0 Å². The first kappa shape index (κ1) is 13.8. The van der Waals surface area contributed by atoms with Crippen molar-refractivity contribution >= 4 is 11.6 Å². The molecular weight excluding hydrogens is 304 g/mol. The van der Waals surface area contributed by atoms with Gasteiger partial charge in [-0.1, -0.05) is 26.0 Å². The molecule has 2 aromatic carbocycles. The molecule has 0 unspecified atom stereocenters. The third-order valence-corrected chi connectivity index (χ3v) is 6.62. The minimum absolute atomic E-state index is 0.00382. The maximum Gasteiger partial charge on any atom is 0.168 e. The van der Waals surface area contributed by atoms with Gasteiger partial charge in [-0.25, -0.2) is 0 Å². The Labute approximate surface area is 138 Å². The number of hydrogen-bond acceptors (Lipinski definition) is 4. The predicted octanol–water partition coefficient (Wildman–Crippen LogP) is 2.95. The van der Waals surface area contributed by atoms with Gasteiger partial charge in [-0.15, -0.1) is 0 Å². The van der Waals surface area contributed by atoms with Gasteiger partial charge in [0.05, 0.1) is 0 Å². The molecule has 0 saturated heterocycles. The van der Waals surface area contributed by atoms with E-state index in [0.29, 0.717) is 11.1 Å². The summed E-state index contributed by atoms with van der Waals surface area (Å²) in [5, 5.41) is 19.5. The van der Waals surface area contributed by atoms with Crippen LogP contribution in [0.1, 0.15) is 45.7 Å². The number of carbonyl (C=O) groups excluding carboxylic acids is 2. The van der Waals surface area contributed by atoms with E-state index in [1.807, 2.05) is 13.8 Å². The monoisotopic (exact) mass is 320 g/mol. The maximum atomic E-state index is 13.1. The lowest BCUT2D eigenvalue weighted by Gasteiger charge is -2.60. The van der Waals surface area contributed by atoms with Crippen molar-refractivity contribution in [2.45, 2.75) is 24.7 Å². The predicted molar refractivity (Wildman–Crippen MR) is 86.6 cm³/mol. The third kappa shape index (κ3) is 1.15. The van der Waals surface area contributed by atoms with Crippen LogP contribution >= 0.6 is 0 Å². The van der Waals surface area contributed by atoms with Gasteiger partial charge in [0.1, 0.15) is 11.5 Å². The van der Waals surface area contributed by atoms with Gasteiger partial charge in [0.25, 0.3) is 0 Å². The molecule has 2 aromatic rings. The Morgan fingerprint density at radius 3 is 1.50 bits per heavy atom. The van der Waals surface area contributed by atoms with Crippen LogP contribution in [-0.4, -0.2) is 21.8 Å². The van der Waals surface area contributed by atoms with Gasteiger partial charge in [-0.2, -0.15) is 0 Å². The number of carbonyl (C=O) groups is 2. The van der Waals surface area contributed by atoms with Crippen LogP contribution in [0, 0.1) is 11.8 Å². The molecule has 2 N–H and O–H groups in total. The van der Waals surface area contributed by atoms with Crippen LogP contribution in [0.4, 0.5) is 0 Å². The molecular formula is C20H16O4. The first-order valence-corrected chi connectivity index (χ1v) is 8.06. The number of hydrogen-bond donors (Lipinski definition) is 2. The quantitative estimate of drug-likeness (QED) is 0.782. The first-order valence-electron chi connectivity index (χ1n) is 8.06. The molecule has 0 aliphatic heterocycles. The summed E-state index contributed by atoms with van der Waals surface area (Å²) in [5.41, 5.74) is 1.66. The van der Waals surface area contributed by atoms with Crippen molar-refractivity contribution in [1.29, 1.82) is 0 Å². The van der Waals surface area contributed by atoms with E-state index in [4.69, 9.17) is 0 Å². The second-order valence-corrected chi connectivity index (χ2v) is 7.62. The first-order chi connectivity index (χ1) is 11.3. The van der Waals surface area contributed by atoms with E-state index in [0.717, 1.165) is 11.1 Å². The molecule has 24 heavy (non-hydrogen) atoms. The molecule has 0 heterocycles. The van der Waals surface area contributed by atoms with Gasteiger partial charge < -0.3 is 10.2 Å². The molecule has 1 saturated carbocycles. The average Bonchev–Trinajstić information content (AvgIpc) is 2.83. The summed E-state index contributed by atoms with van der Waals surface area (Å²) in [6, 6.07) is 9.73. The van der Waals surface area contributed by atoms with Crippen molar-refractivity contribution in [2.24, 2.45) is 11.8 Å². The van der Waals surface area contributed by atoms with Gasteiger partial charge in [0.15, 0.2) is 11.6 Å². The second kappa shape index (κ2) is 3.72. The highest BCUT2D eigenvalue weighted by Crippen LogP contribution is 2.73. The number of Topliss-reactive ketones (excluding diaryl/α,β-unsaturated/α-hetero) is 2. The molecule has 120 valence electrons. The molecule has 0 aromatic heterocycles. The fraction of sp³-hybridized carbons (Fsp3) is 0.300. The van der Waals surface area contributed by atoms with Crippen LogP contribution in [0.3, 0.4) is 0 Å². The summed E-state index contributed by atoms with van der Waals surface area (Å²) in [6.07, 6.45) is 0. The van der Waals surface area contributed by atoms with Crippen LogP contribution in [0.2, 0.25) is 0 Å². The Morgan fingerprint density at radius 2 is 1.12 bits per heavy atom. The van der Waals surface area contributed by atoms with Crippen molar-refractivity contribution in [3.8, 4) is 11.5 Å². The summed E-state index contributed by atoms with van der Waals surface area (Å²) in [6.45, 7) is 3.96. The lowest BCUT2D eigenvalue weighted by Crippen LogP contribution is -2.66. The zero-order chi connectivity index (χ0) is 17.0. The van der Waals surface area contributed by atoms with Crippen LogP contribution in [0.15, 0.2) is 36.4 Å². The van der Waals surface area contributed by atoms with Gasteiger partial charge in [-0.3, -0.25) is 9.59 Å². The summed E-state index contributed by atoms with van der Waals surface area (Å²) < 4.78 is 0. The number of phenolic OH excluding ortho intramolecular Hbond substituents is 2. The summed E-state index contributed by atoms with van der Waals surface area (Å²) in [5.74, 6) is -0.507. The highest BCUT2D eigenvalue weighted by molar-refractivity contribution is 6.15. The molecule has 4 nitrogen and oxygen atoms in total. The number of benzene rings is 2. The zero-order valence-electron chi connectivity index (χ0n) is 13.3.